The number of rotatable bonds is 5. The highest BCUT2D eigenvalue weighted by atomic mass is 79.9. The number of halogens is 2. The van der Waals surface area contributed by atoms with E-state index in [4.69, 9.17) is 0 Å². The number of benzene rings is 2. The van der Waals surface area contributed by atoms with Gasteiger partial charge in [-0.25, -0.2) is 4.39 Å². The fraction of sp³-hybridized carbons (Fsp3) is 0.211. The van der Waals surface area contributed by atoms with Gasteiger partial charge in [-0.15, -0.1) is 0 Å². The molecule has 0 spiro atoms. The number of hydrogen-bond donors (Lipinski definition) is 1. The predicted molar refractivity (Wildman–Crippen MR) is 98.5 cm³/mol. The van der Waals surface area contributed by atoms with Crippen LogP contribution in [-0.2, 0) is 4.79 Å². The van der Waals surface area contributed by atoms with E-state index >= 15 is 0 Å². The normalized spacial score (nSPS) is 13.1. The third-order valence-electron chi connectivity index (χ3n) is 4.18. The standard InChI is InChI=1S/C19H16BrFN2O3/c1-11-9-13(21)5-7-16(11)22-17(24)3-2-8-23-18(25)14-6-4-12(20)10-15(14)19(23)26/h4-7,9-10H,2-3,8H2,1H3,(H,22,24). The van der Waals surface area contributed by atoms with Crippen LogP contribution in [-0.4, -0.2) is 29.2 Å². The van der Waals surface area contributed by atoms with E-state index in [9.17, 15) is 18.8 Å². The first-order valence-corrected chi connectivity index (χ1v) is 8.88. The molecule has 0 fully saturated rings. The Labute approximate surface area is 158 Å². The van der Waals surface area contributed by atoms with E-state index in [1.54, 1.807) is 25.1 Å². The molecule has 0 saturated carbocycles. The van der Waals surface area contributed by atoms with Crippen LogP contribution in [0.15, 0.2) is 40.9 Å². The van der Waals surface area contributed by atoms with E-state index in [-0.39, 0.29) is 36.5 Å². The fourth-order valence-electron chi connectivity index (χ4n) is 2.84. The van der Waals surface area contributed by atoms with Crippen LogP contribution in [0.4, 0.5) is 10.1 Å². The maximum atomic E-state index is 13.1. The van der Waals surface area contributed by atoms with E-state index < -0.39 is 0 Å². The molecular formula is C19H16BrFN2O3. The number of nitrogens with one attached hydrogen (secondary N) is 1. The van der Waals surface area contributed by atoms with Gasteiger partial charge in [0.1, 0.15) is 5.82 Å². The smallest absolute Gasteiger partial charge is 0.261 e. The number of carbonyl (C=O) groups excluding carboxylic acids is 3. The van der Waals surface area contributed by atoms with Crippen LogP contribution in [0.25, 0.3) is 0 Å². The molecule has 0 unspecified atom stereocenters. The van der Waals surface area contributed by atoms with E-state index in [0.29, 0.717) is 28.8 Å². The van der Waals surface area contributed by atoms with Crippen molar-refractivity contribution in [2.45, 2.75) is 19.8 Å². The minimum atomic E-state index is -0.363. The first kappa shape index (κ1) is 18.3. The quantitative estimate of drug-likeness (QED) is 0.748. The maximum Gasteiger partial charge on any atom is 0.261 e. The lowest BCUT2D eigenvalue weighted by Gasteiger charge is -2.13. The van der Waals surface area contributed by atoms with Crippen molar-refractivity contribution in [3.8, 4) is 0 Å². The molecule has 1 heterocycles. The molecule has 1 aliphatic heterocycles. The Hall–Kier alpha value is -2.54. The monoisotopic (exact) mass is 418 g/mol. The van der Waals surface area contributed by atoms with Crippen molar-refractivity contribution in [2.24, 2.45) is 0 Å². The summed E-state index contributed by atoms with van der Waals surface area (Å²) in [5.74, 6) is -1.30. The summed E-state index contributed by atoms with van der Waals surface area (Å²) in [5, 5.41) is 2.71. The van der Waals surface area contributed by atoms with Crippen molar-refractivity contribution < 1.29 is 18.8 Å². The van der Waals surface area contributed by atoms with Gasteiger partial charge in [-0.2, -0.15) is 0 Å². The Morgan fingerprint density at radius 3 is 2.58 bits per heavy atom. The Bertz CT molecular complexity index is 914. The Balaban J connectivity index is 1.56. The molecule has 134 valence electrons. The molecule has 3 amide bonds. The van der Waals surface area contributed by atoms with Crippen LogP contribution in [0, 0.1) is 12.7 Å². The van der Waals surface area contributed by atoms with E-state index in [1.165, 1.54) is 18.2 Å². The van der Waals surface area contributed by atoms with Gasteiger partial charge in [-0.1, -0.05) is 15.9 Å². The Morgan fingerprint density at radius 2 is 1.85 bits per heavy atom. The van der Waals surface area contributed by atoms with Crippen LogP contribution in [0.2, 0.25) is 0 Å². The lowest BCUT2D eigenvalue weighted by Crippen LogP contribution is -2.31. The second-order valence-electron chi connectivity index (χ2n) is 6.06. The van der Waals surface area contributed by atoms with Gasteiger partial charge in [-0.3, -0.25) is 19.3 Å². The van der Waals surface area contributed by atoms with E-state index in [2.05, 4.69) is 21.2 Å². The third-order valence-corrected chi connectivity index (χ3v) is 4.67. The number of anilines is 1. The molecule has 0 aromatic heterocycles. The van der Waals surface area contributed by atoms with Gasteiger partial charge in [0, 0.05) is 23.1 Å². The van der Waals surface area contributed by atoms with Gasteiger partial charge < -0.3 is 5.32 Å². The van der Waals surface area contributed by atoms with Crippen molar-refractivity contribution in [1.29, 1.82) is 0 Å². The number of aryl methyl sites for hydroxylation is 1. The molecule has 3 rings (SSSR count). The molecule has 0 saturated heterocycles. The van der Waals surface area contributed by atoms with Crippen molar-refractivity contribution in [2.75, 3.05) is 11.9 Å². The SMILES string of the molecule is Cc1cc(F)ccc1NC(=O)CCCN1C(=O)c2ccc(Br)cc2C1=O. The van der Waals surface area contributed by atoms with Crippen LogP contribution in [0.5, 0.6) is 0 Å². The zero-order valence-corrected chi connectivity index (χ0v) is 15.6. The van der Waals surface area contributed by atoms with Crippen LogP contribution >= 0.6 is 15.9 Å². The maximum absolute atomic E-state index is 13.1. The number of fused-ring (bicyclic) bond motifs is 1. The number of amides is 3. The number of imide groups is 1. The van der Waals surface area contributed by atoms with Crippen molar-refractivity contribution >= 4 is 39.3 Å². The lowest BCUT2D eigenvalue weighted by molar-refractivity contribution is -0.116. The summed E-state index contributed by atoms with van der Waals surface area (Å²) in [6, 6.07) is 9.08. The number of nitrogens with zero attached hydrogens (tertiary/aromatic N) is 1. The van der Waals surface area contributed by atoms with Crippen LogP contribution in [0.1, 0.15) is 39.1 Å². The van der Waals surface area contributed by atoms with Crippen LogP contribution < -0.4 is 5.32 Å². The molecular weight excluding hydrogens is 403 g/mol. The minimum Gasteiger partial charge on any atom is -0.326 e. The topological polar surface area (TPSA) is 66.5 Å². The molecule has 1 aliphatic rings. The zero-order chi connectivity index (χ0) is 18.8. The summed E-state index contributed by atoms with van der Waals surface area (Å²) in [5.41, 5.74) is 1.92. The molecule has 0 bridgehead atoms. The molecule has 26 heavy (non-hydrogen) atoms. The summed E-state index contributed by atoms with van der Waals surface area (Å²) in [4.78, 5) is 37.9. The highest BCUT2D eigenvalue weighted by Crippen LogP contribution is 2.26. The predicted octanol–water partition coefficient (Wildman–Crippen LogP) is 3.91. The van der Waals surface area contributed by atoms with Crippen molar-refractivity contribution in [1.82, 2.24) is 4.90 Å². The van der Waals surface area contributed by atoms with Gasteiger partial charge >= 0.3 is 0 Å². The Kier molecular flexibility index (Phi) is 5.18. The molecule has 2 aromatic carbocycles. The first-order chi connectivity index (χ1) is 12.4. The zero-order valence-electron chi connectivity index (χ0n) is 14.0. The lowest BCUT2D eigenvalue weighted by atomic mass is 10.1. The number of carbonyl (C=O) groups is 3. The van der Waals surface area contributed by atoms with Gasteiger partial charge in [-0.05, 0) is 55.3 Å². The summed E-state index contributed by atoms with van der Waals surface area (Å²) in [6.45, 7) is 1.87. The molecule has 0 aliphatic carbocycles. The second-order valence-corrected chi connectivity index (χ2v) is 6.98. The highest BCUT2D eigenvalue weighted by molar-refractivity contribution is 9.10. The van der Waals surface area contributed by atoms with Gasteiger partial charge in [0.05, 0.1) is 11.1 Å². The largest absolute Gasteiger partial charge is 0.326 e. The van der Waals surface area contributed by atoms with E-state index in [1.807, 2.05) is 0 Å². The molecule has 1 N–H and O–H groups in total. The fourth-order valence-corrected chi connectivity index (χ4v) is 3.20. The summed E-state index contributed by atoms with van der Waals surface area (Å²) >= 11 is 3.29. The molecule has 0 atom stereocenters. The second kappa shape index (κ2) is 7.37. The summed E-state index contributed by atoms with van der Waals surface area (Å²) < 4.78 is 13.8. The van der Waals surface area contributed by atoms with Gasteiger partial charge in [0.15, 0.2) is 0 Å². The average molecular weight is 419 g/mol. The van der Waals surface area contributed by atoms with Crippen molar-refractivity contribution in [3.63, 3.8) is 0 Å². The van der Waals surface area contributed by atoms with Crippen LogP contribution in [0.3, 0.4) is 0 Å². The molecule has 5 nitrogen and oxygen atoms in total. The average Bonchev–Trinajstić information content (AvgIpc) is 2.82. The third kappa shape index (κ3) is 3.67. The Morgan fingerprint density at radius 1 is 1.12 bits per heavy atom. The summed E-state index contributed by atoms with van der Waals surface area (Å²) in [6.07, 6.45) is 0.493. The highest BCUT2D eigenvalue weighted by Gasteiger charge is 2.35. The molecule has 0 radical (unpaired) electrons. The van der Waals surface area contributed by atoms with E-state index in [0.717, 1.165) is 9.37 Å². The summed E-state index contributed by atoms with van der Waals surface area (Å²) in [7, 11) is 0. The number of hydrogen-bond acceptors (Lipinski definition) is 3. The van der Waals surface area contributed by atoms with Crippen molar-refractivity contribution in [3.05, 3.63) is 63.4 Å². The van der Waals surface area contributed by atoms with Gasteiger partial charge in [0.2, 0.25) is 5.91 Å². The first-order valence-electron chi connectivity index (χ1n) is 8.08. The molecule has 2 aromatic rings. The minimum absolute atomic E-state index is 0.147. The van der Waals surface area contributed by atoms with Gasteiger partial charge in [0.25, 0.3) is 11.8 Å². The molecule has 7 heteroatoms.